The van der Waals surface area contributed by atoms with Gasteiger partial charge in [-0.1, -0.05) is 0 Å². The maximum Gasteiger partial charge on any atom is 0.346 e. The van der Waals surface area contributed by atoms with Gasteiger partial charge in [0.05, 0.1) is 5.69 Å². The molecule has 0 aliphatic carbocycles. The van der Waals surface area contributed by atoms with Crippen LogP contribution in [-0.4, -0.2) is 23.3 Å². The Labute approximate surface area is 69.8 Å². The van der Waals surface area contributed by atoms with Crippen molar-refractivity contribution in [3.63, 3.8) is 0 Å². The van der Waals surface area contributed by atoms with E-state index in [4.69, 9.17) is 5.84 Å². The Morgan fingerprint density at radius 3 is 3.00 bits per heavy atom. The van der Waals surface area contributed by atoms with Crippen LogP contribution in [-0.2, 0) is 6.42 Å². The minimum absolute atomic E-state index is 0.228. The summed E-state index contributed by atoms with van der Waals surface area (Å²) in [4.78, 5) is 15.8. The average molecular weight is 168 g/mol. The van der Waals surface area contributed by atoms with Crippen LogP contribution in [0.5, 0.6) is 0 Å². The monoisotopic (exact) mass is 168 g/mol. The minimum Gasteiger partial charge on any atom is -0.358 e. The predicted octanol–water partition coefficient (Wildman–Crippen LogP) is -0.727. The molecule has 0 bridgehead atoms. The van der Waals surface area contributed by atoms with Crippen molar-refractivity contribution in [2.24, 2.45) is 0 Å². The summed E-state index contributed by atoms with van der Waals surface area (Å²) in [5.74, 6) is 6.37. The van der Waals surface area contributed by atoms with Gasteiger partial charge in [-0.25, -0.2) is 4.79 Å². The zero-order valence-corrected chi connectivity index (χ0v) is 7.00. The maximum atomic E-state index is 11.1. The van der Waals surface area contributed by atoms with Gasteiger partial charge < -0.3 is 15.7 Å². The van der Waals surface area contributed by atoms with E-state index < -0.39 is 0 Å². The van der Waals surface area contributed by atoms with Gasteiger partial charge >= 0.3 is 5.69 Å². The number of aromatic amines is 1. The fraction of sp³-hybridized carbons (Fsp3) is 0.571. The SMILES string of the molecule is CN1CCCc2[nH]c(=O)n(N)c21. The molecule has 0 amide bonds. The number of anilines is 1. The van der Waals surface area contributed by atoms with E-state index in [1.54, 1.807) is 0 Å². The molecule has 1 aromatic rings. The van der Waals surface area contributed by atoms with Crippen molar-refractivity contribution >= 4 is 5.82 Å². The first-order valence-electron chi connectivity index (χ1n) is 4.00. The predicted molar refractivity (Wildman–Crippen MR) is 46.8 cm³/mol. The van der Waals surface area contributed by atoms with Crippen LogP contribution in [0.1, 0.15) is 12.1 Å². The maximum absolute atomic E-state index is 11.1. The Balaban J connectivity index is 2.61. The van der Waals surface area contributed by atoms with Crippen LogP contribution >= 0.6 is 0 Å². The summed E-state index contributed by atoms with van der Waals surface area (Å²) in [5.41, 5.74) is 0.727. The molecule has 0 spiro atoms. The molecule has 0 fully saturated rings. The van der Waals surface area contributed by atoms with Crippen LogP contribution in [0.2, 0.25) is 0 Å². The van der Waals surface area contributed by atoms with Crippen molar-refractivity contribution in [3.8, 4) is 0 Å². The first-order valence-corrected chi connectivity index (χ1v) is 4.00. The van der Waals surface area contributed by atoms with E-state index in [1.807, 2.05) is 11.9 Å². The zero-order chi connectivity index (χ0) is 8.72. The summed E-state index contributed by atoms with van der Waals surface area (Å²) < 4.78 is 1.18. The number of fused-ring (bicyclic) bond motifs is 1. The second-order valence-corrected chi connectivity index (χ2v) is 3.13. The van der Waals surface area contributed by atoms with Gasteiger partial charge in [0.1, 0.15) is 0 Å². The number of hydrogen-bond acceptors (Lipinski definition) is 3. The molecule has 2 heterocycles. The van der Waals surface area contributed by atoms with Gasteiger partial charge in [0, 0.05) is 13.6 Å². The first-order chi connectivity index (χ1) is 5.70. The van der Waals surface area contributed by atoms with E-state index in [-0.39, 0.29) is 5.69 Å². The fourth-order valence-electron chi connectivity index (χ4n) is 1.67. The van der Waals surface area contributed by atoms with Crippen molar-refractivity contribution in [2.75, 3.05) is 24.3 Å². The zero-order valence-electron chi connectivity index (χ0n) is 7.00. The number of H-pyrrole nitrogens is 1. The van der Waals surface area contributed by atoms with Gasteiger partial charge in [0.25, 0.3) is 0 Å². The van der Waals surface area contributed by atoms with Crippen LogP contribution < -0.4 is 16.4 Å². The third-order valence-electron chi connectivity index (χ3n) is 2.26. The molecule has 0 radical (unpaired) electrons. The highest BCUT2D eigenvalue weighted by Crippen LogP contribution is 2.20. The Hall–Kier alpha value is -1.39. The van der Waals surface area contributed by atoms with Gasteiger partial charge in [0.15, 0.2) is 5.82 Å². The van der Waals surface area contributed by atoms with E-state index >= 15 is 0 Å². The molecule has 3 N–H and O–H groups in total. The lowest BCUT2D eigenvalue weighted by atomic mass is 10.1. The van der Waals surface area contributed by atoms with Gasteiger partial charge in [0.2, 0.25) is 0 Å². The second kappa shape index (κ2) is 2.30. The number of rotatable bonds is 0. The number of nitrogens with one attached hydrogen (secondary N) is 1. The molecule has 0 unspecified atom stereocenters. The molecular formula is C7H12N4O. The lowest BCUT2D eigenvalue weighted by Gasteiger charge is -2.24. The molecule has 2 rings (SSSR count). The second-order valence-electron chi connectivity index (χ2n) is 3.13. The average Bonchev–Trinajstić information content (AvgIpc) is 2.29. The Kier molecular flexibility index (Phi) is 1.39. The first kappa shape index (κ1) is 7.27. The van der Waals surface area contributed by atoms with Crippen molar-refractivity contribution in [1.29, 1.82) is 0 Å². The molecule has 0 saturated heterocycles. The molecule has 0 aromatic carbocycles. The van der Waals surface area contributed by atoms with E-state index in [1.165, 1.54) is 4.68 Å². The molecule has 0 saturated carbocycles. The standard InChI is InChI=1S/C7H12N4O/c1-10-4-2-3-5-6(10)11(8)7(12)9-5/h2-4,8H2,1H3,(H,9,12). The van der Waals surface area contributed by atoms with Crippen molar-refractivity contribution in [2.45, 2.75) is 12.8 Å². The molecule has 12 heavy (non-hydrogen) atoms. The molecular weight excluding hydrogens is 156 g/mol. The molecule has 5 heteroatoms. The number of hydrogen-bond donors (Lipinski definition) is 2. The van der Waals surface area contributed by atoms with Crippen LogP contribution in [0, 0.1) is 0 Å². The Morgan fingerprint density at radius 1 is 1.58 bits per heavy atom. The summed E-state index contributed by atoms with van der Waals surface area (Å²) in [6.45, 7) is 0.960. The molecule has 0 atom stereocenters. The highest BCUT2D eigenvalue weighted by atomic mass is 16.2. The number of imidazole rings is 1. The number of aryl methyl sites for hydroxylation is 1. The molecule has 1 aliphatic heterocycles. The van der Waals surface area contributed by atoms with E-state index in [2.05, 4.69) is 4.98 Å². The lowest BCUT2D eigenvalue weighted by molar-refractivity contribution is 0.715. The van der Waals surface area contributed by atoms with Crippen LogP contribution in [0.25, 0.3) is 0 Å². The normalized spacial score (nSPS) is 16.2. The van der Waals surface area contributed by atoms with Gasteiger partial charge in [-0.15, -0.1) is 0 Å². The van der Waals surface area contributed by atoms with Crippen molar-refractivity contribution in [3.05, 3.63) is 16.2 Å². The summed E-state index contributed by atoms with van der Waals surface area (Å²) in [5, 5.41) is 0. The molecule has 66 valence electrons. The molecule has 1 aliphatic rings. The van der Waals surface area contributed by atoms with E-state index in [0.717, 1.165) is 30.9 Å². The highest BCUT2D eigenvalue weighted by molar-refractivity contribution is 5.46. The fourth-order valence-corrected chi connectivity index (χ4v) is 1.67. The van der Waals surface area contributed by atoms with Gasteiger partial charge in [-0.3, -0.25) is 0 Å². The van der Waals surface area contributed by atoms with Gasteiger partial charge in [-0.2, -0.15) is 4.68 Å². The summed E-state index contributed by atoms with van der Waals surface area (Å²) in [7, 11) is 1.94. The third-order valence-corrected chi connectivity index (χ3v) is 2.26. The third kappa shape index (κ3) is 0.823. The lowest BCUT2D eigenvalue weighted by Crippen LogP contribution is -2.32. The number of nitrogens with two attached hydrogens (primary N) is 1. The van der Waals surface area contributed by atoms with Crippen LogP contribution in [0.15, 0.2) is 4.79 Å². The van der Waals surface area contributed by atoms with Crippen LogP contribution in [0.3, 0.4) is 0 Å². The van der Waals surface area contributed by atoms with Gasteiger partial charge in [-0.05, 0) is 12.8 Å². The highest BCUT2D eigenvalue weighted by Gasteiger charge is 2.19. The van der Waals surface area contributed by atoms with Crippen molar-refractivity contribution in [1.82, 2.24) is 9.66 Å². The summed E-state index contributed by atoms with van der Waals surface area (Å²) >= 11 is 0. The smallest absolute Gasteiger partial charge is 0.346 e. The quantitative estimate of drug-likeness (QED) is 0.502. The number of nitrogens with zero attached hydrogens (tertiary/aromatic N) is 2. The number of nitrogen functional groups attached to an aromatic ring is 1. The summed E-state index contributed by atoms with van der Waals surface area (Å²) in [6.07, 6.45) is 1.99. The Bertz CT molecular complexity index is 351. The largest absolute Gasteiger partial charge is 0.358 e. The van der Waals surface area contributed by atoms with E-state index in [0.29, 0.717) is 0 Å². The molecule has 1 aromatic heterocycles. The summed E-state index contributed by atoms with van der Waals surface area (Å²) in [6, 6.07) is 0. The molecule has 5 nitrogen and oxygen atoms in total. The van der Waals surface area contributed by atoms with E-state index in [9.17, 15) is 4.79 Å². The topological polar surface area (TPSA) is 67.0 Å². The minimum atomic E-state index is -0.228. The van der Waals surface area contributed by atoms with Crippen molar-refractivity contribution < 1.29 is 0 Å². The Morgan fingerprint density at radius 2 is 2.33 bits per heavy atom. The number of aromatic nitrogens is 2. The van der Waals surface area contributed by atoms with Crippen LogP contribution in [0.4, 0.5) is 5.82 Å².